The first-order valence-electron chi connectivity index (χ1n) is 6.69. The fraction of sp³-hybridized carbons (Fsp3) is 0.600. The largest absolute Gasteiger partial charge is 0.396 e. The van der Waals surface area contributed by atoms with Gasteiger partial charge in [0.25, 0.3) is 0 Å². The number of aliphatic hydroxyl groups excluding tert-OH is 1. The summed E-state index contributed by atoms with van der Waals surface area (Å²) in [6, 6.07) is 9.50. The Morgan fingerprint density at radius 3 is 2.76 bits per heavy atom. The van der Waals surface area contributed by atoms with E-state index in [1.807, 2.05) is 0 Å². The molecule has 1 aliphatic rings. The highest BCUT2D eigenvalue weighted by Gasteiger charge is 2.21. The first-order chi connectivity index (χ1) is 8.31. The molecule has 0 amide bonds. The zero-order chi connectivity index (χ0) is 12.1. The minimum atomic E-state index is 0.321. The van der Waals surface area contributed by atoms with E-state index in [4.69, 9.17) is 5.11 Å². The van der Waals surface area contributed by atoms with Gasteiger partial charge >= 0.3 is 0 Å². The van der Waals surface area contributed by atoms with Crippen LogP contribution >= 0.6 is 0 Å². The third-order valence-corrected chi connectivity index (χ3v) is 3.86. The summed E-state index contributed by atoms with van der Waals surface area (Å²) in [5, 5.41) is 8.80. The van der Waals surface area contributed by atoms with Crippen LogP contribution in [-0.2, 0) is 12.8 Å². The van der Waals surface area contributed by atoms with E-state index in [-0.39, 0.29) is 0 Å². The predicted octanol–water partition coefficient (Wildman–Crippen LogP) is 2.25. The second kappa shape index (κ2) is 6.18. The maximum absolute atomic E-state index is 8.80. The molecular weight excluding hydrogens is 210 g/mol. The van der Waals surface area contributed by atoms with Crippen LogP contribution in [0.25, 0.3) is 0 Å². The van der Waals surface area contributed by atoms with Crippen LogP contribution < -0.4 is 0 Å². The number of aryl methyl sites for hydroxylation is 1. The Morgan fingerprint density at radius 2 is 2.00 bits per heavy atom. The quantitative estimate of drug-likeness (QED) is 0.789. The molecule has 0 bridgehead atoms. The molecule has 1 aromatic carbocycles. The van der Waals surface area contributed by atoms with Crippen molar-refractivity contribution in [3.8, 4) is 0 Å². The standard InChI is InChI=1S/C15H23NO/c1-16(10-4-5-11-17)15-9-8-13-6-2-3-7-14(13)12-15/h2-3,6-7,15,17H,4-5,8-12H2,1H3. The van der Waals surface area contributed by atoms with E-state index in [2.05, 4.69) is 36.2 Å². The fourth-order valence-electron chi connectivity index (χ4n) is 2.71. The van der Waals surface area contributed by atoms with Crippen molar-refractivity contribution in [1.82, 2.24) is 4.90 Å². The van der Waals surface area contributed by atoms with Crippen LogP contribution in [0.4, 0.5) is 0 Å². The Kier molecular flexibility index (Phi) is 4.57. The van der Waals surface area contributed by atoms with Gasteiger partial charge in [-0.05, 0) is 56.8 Å². The summed E-state index contributed by atoms with van der Waals surface area (Å²) in [5.74, 6) is 0. The van der Waals surface area contributed by atoms with Gasteiger partial charge in [-0.15, -0.1) is 0 Å². The summed E-state index contributed by atoms with van der Waals surface area (Å²) >= 11 is 0. The van der Waals surface area contributed by atoms with Crippen molar-refractivity contribution in [3.63, 3.8) is 0 Å². The molecule has 2 heteroatoms. The Hall–Kier alpha value is -0.860. The van der Waals surface area contributed by atoms with Gasteiger partial charge in [0.05, 0.1) is 0 Å². The highest BCUT2D eigenvalue weighted by atomic mass is 16.2. The van der Waals surface area contributed by atoms with Gasteiger partial charge < -0.3 is 10.0 Å². The van der Waals surface area contributed by atoms with Crippen molar-refractivity contribution in [2.75, 3.05) is 20.2 Å². The van der Waals surface area contributed by atoms with Gasteiger partial charge in [0.2, 0.25) is 0 Å². The Balaban J connectivity index is 1.88. The van der Waals surface area contributed by atoms with Gasteiger partial charge in [0, 0.05) is 12.6 Å². The number of rotatable bonds is 5. The third kappa shape index (κ3) is 3.30. The van der Waals surface area contributed by atoms with Crippen LogP contribution in [-0.4, -0.2) is 36.2 Å². The Labute approximate surface area is 104 Å². The van der Waals surface area contributed by atoms with E-state index in [0.717, 1.165) is 19.4 Å². The van der Waals surface area contributed by atoms with Gasteiger partial charge in [-0.25, -0.2) is 0 Å². The van der Waals surface area contributed by atoms with Crippen LogP contribution in [0, 0.1) is 0 Å². The molecule has 0 aliphatic heterocycles. The maximum Gasteiger partial charge on any atom is 0.0431 e. The fourth-order valence-corrected chi connectivity index (χ4v) is 2.71. The molecule has 0 heterocycles. The summed E-state index contributed by atoms with van der Waals surface area (Å²) < 4.78 is 0. The number of likely N-dealkylation sites (N-methyl/N-ethyl adjacent to an activating group) is 1. The lowest BCUT2D eigenvalue weighted by molar-refractivity contribution is 0.207. The van der Waals surface area contributed by atoms with Crippen molar-refractivity contribution in [3.05, 3.63) is 35.4 Å². The van der Waals surface area contributed by atoms with E-state index in [9.17, 15) is 0 Å². The number of fused-ring (bicyclic) bond motifs is 1. The zero-order valence-corrected chi connectivity index (χ0v) is 10.7. The lowest BCUT2D eigenvalue weighted by Crippen LogP contribution is -2.37. The van der Waals surface area contributed by atoms with Crippen LogP contribution in [0.3, 0.4) is 0 Å². The van der Waals surface area contributed by atoms with Crippen molar-refractivity contribution >= 4 is 0 Å². The number of unbranched alkanes of at least 4 members (excludes halogenated alkanes) is 1. The SMILES string of the molecule is CN(CCCCO)C1CCc2ccccc2C1. The van der Waals surface area contributed by atoms with E-state index < -0.39 is 0 Å². The molecule has 0 radical (unpaired) electrons. The molecule has 2 nitrogen and oxygen atoms in total. The summed E-state index contributed by atoms with van der Waals surface area (Å²) in [5.41, 5.74) is 3.06. The summed E-state index contributed by atoms with van der Waals surface area (Å²) in [4.78, 5) is 2.46. The second-order valence-corrected chi connectivity index (χ2v) is 5.08. The van der Waals surface area contributed by atoms with Gasteiger partial charge in [-0.1, -0.05) is 24.3 Å². The van der Waals surface area contributed by atoms with E-state index in [1.54, 1.807) is 0 Å². The number of aliphatic hydroxyl groups is 1. The number of hydrogen-bond acceptors (Lipinski definition) is 2. The number of benzene rings is 1. The summed E-state index contributed by atoms with van der Waals surface area (Å²) in [6.07, 6.45) is 5.70. The molecule has 1 atom stereocenters. The van der Waals surface area contributed by atoms with E-state index in [0.29, 0.717) is 12.6 Å². The molecule has 0 saturated carbocycles. The first kappa shape index (κ1) is 12.6. The lowest BCUT2D eigenvalue weighted by atomic mass is 9.87. The molecule has 0 fully saturated rings. The van der Waals surface area contributed by atoms with Gasteiger partial charge in [0.15, 0.2) is 0 Å². The van der Waals surface area contributed by atoms with Gasteiger partial charge in [0.1, 0.15) is 0 Å². The molecule has 0 spiro atoms. The smallest absolute Gasteiger partial charge is 0.0431 e. The summed E-state index contributed by atoms with van der Waals surface area (Å²) in [6.45, 7) is 1.43. The van der Waals surface area contributed by atoms with Crippen LogP contribution in [0.1, 0.15) is 30.4 Å². The Bertz CT molecular complexity index is 351. The summed E-state index contributed by atoms with van der Waals surface area (Å²) in [7, 11) is 2.22. The molecule has 94 valence electrons. The minimum absolute atomic E-state index is 0.321. The molecule has 1 N–H and O–H groups in total. The topological polar surface area (TPSA) is 23.5 Å². The molecule has 0 saturated heterocycles. The Morgan fingerprint density at radius 1 is 1.24 bits per heavy atom. The lowest BCUT2D eigenvalue weighted by Gasteiger charge is -2.32. The average Bonchev–Trinajstić information content (AvgIpc) is 2.38. The van der Waals surface area contributed by atoms with Crippen molar-refractivity contribution < 1.29 is 5.11 Å². The minimum Gasteiger partial charge on any atom is -0.396 e. The van der Waals surface area contributed by atoms with Crippen molar-refractivity contribution in [2.24, 2.45) is 0 Å². The molecule has 1 unspecified atom stereocenters. The number of nitrogens with zero attached hydrogens (tertiary/aromatic N) is 1. The highest BCUT2D eigenvalue weighted by Crippen LogP contribution is 2.23. The monoisotopic (exact) mass is 233 g/mol. The van der Waals surface area contributed by atoms with Crippen LogP contribution in [0.2, 0.25) is 0 Å². The molecule has 2 rings (SSSR count). The van der Waals surface area contributed by atoms with Crippen LogP contribution in [0.15, 0.2) is 24.3 Å². The first-order valence-corrected chi connectivity index (χ1v) is 6.69. The molecule has 1 aromatic rings. The normalized spacial score (nSPS) is 19.4. The van der Waals surface area contributed by atoms with Crippen LogP contribution in [0.5, 0.6) is 0 Å². The van der Waals surface area contributed by atoms with E-state index >= 15 is 0 Å². The molecular formula is C15H23NO. The van der Waals surface area contributed by atoms with Crippen molar-refractivity contribution in [1.29, 1.82) is 0 Å². The molecule has 0 aromatic heterocycles. The van der Waals surface area contributed by atoms with Crippen molar-refractivity contribution in [2.45, 2.75) is 38.1 Å². The third-order valence-electron chi connectivity index (χ3n) is 3.86. The average molecular weight is 233 g/mol. The van der Waals surface area contributed by atoms with Gasteiger partial charge in [-0.2, -0.15) is 0 Å². The maximum atomic E-state index is 8.80. The molecule has 17 heavy (non-hydrogen) atoms. The zero-order valence-electron chi connectivity index (χ0n) is 10.7. The van der Waals surface area contributed by atoms with Gasteiger partial charge in [-0.3, -0.25) is 0 Å². The van der Waals surface area contributed by atoms with E-state index in [1.165, 1.54) is 30.4 Å². The highest BCUT2D eigenvalue weighted by molar-refractivity contribution is 5.30. The predicted molar refractivity (Wildman–Crippen MR) is 71.2 cm³/mol. The molecule has 1 aliphatic carbocycles. The second-order valence-electron chi connectivity index (χ2n) is 5.08. The number of hydrogen-bond donors (Lipinski definition) is 1.